The van der Waals surface area contributed by atoms with Crippen molar-refractivity contribution in [2.45, 2.75) is 43.9 Å². The van der Waals surface area contributed by atoms with Crippen molar-refractivity contribution in [1.29, 1.82) is 0 Å². The Morgan fingerprint density at radius 2 is 1.48 bits per heavy atom. The van der Waals surface area contributed by atoms with Crippen molar-refractivity contribution >= 4 is 35.0 Å². The summed E-state index contributed by atoms with van der Waals surface area (Å²) in [5, 5.41) is 5.91. The van der Waals surface area contributed by atoms with Crippen molar-refractivity contribution in [2.24, 2.45) is 5.92 Å². The van der Waals surface area contributed by atoms with Crippen LogP contribution in [-0.2, 0) is 9.59 Å². The molecule has 5 heteroatoms. The number of aryl methyl sites for hydroxylation is 1. The number of hydrogen-bond donors (Lipinski definition) is 2. The summed E-state index contributed by atoms with van der Waals surface area (Å²) in [5.74, 6) is 0.603. The third kappa shape index (κ3) is 6.14. The molecule has 0 heterocycles. The van der Waals surface area contributed by atoms with Crippen LogP contribution in [0.15, 0.2) is 53.4 Å². The van der Waals surface area contributed by atoms with Crippen LogP contribution in [0.25, 0.3) is 0 Å². The molecule has 2 N–H and O–H groups in total. The summed E-state index contributed by atoms with van der Waals surface area (Å²) in [5.41, 5.74) is 2.80. The molecule has 0 aromatic heterocycles. The largest absolute Gasteiger partial charge is 0.326 e. The van der Waals surface area contributed by atoms with Gasteiger partial charge >= 0.3 is 0 Å². The number of amides is 2. The van der Waals surface area contributed by atoms with Gasteiger partial charge in [0.15, 0.2) is 0 Å². The smallest absolute Gasteiger partial charge is 0.234 e. The van der Waals surface area contributed by atoms with Gasteiger partial charge < -0.3 is 10.6 Å². The summed E-state index contributed by atoms with van der Waals surface area (Å²) in [6, 6.07) is 15.5. The first-order chi connectivity index (χ1) is 13.1. The Kier molecular flexibility index (Phi) is 6.93. The van der Waals surface area contributed by atoms with E-state index in [0.29, 0.717) is 5.75 Å². The maximum atomic E-state index is 12.3. The molecule has 2 amide bonds. The first-order valence-corrected chi connectivity index (χ1v) is 10.5. The standard InChI is InChI=1S/C22H26N2O2S/c1-16-7-9-18(10-8-16)23-21(25)15-27-20-13-11-19(12-14-20)24-22(26)17-5-3-2-4-6-17/h7-14,17H,2-6,15H2,1H3,(H,23,25)(H,24,26). The summed E-state index contributed by atoms with van der Waals surface area (Å²) in [6.45, 7) is 2.02. The average Bonchev–Trinajstić information content (AvgIpc) is 2.70. The number of nitrogens with one attached hydrogen (secondary N) is 2. The fourth-order valence-electron chi connectivity index (χ4n) is 3.23. The number of rotatable bonds is 6. The second-order valence-corrected chi connectivity index (χ2v) is 8.10. The minimum atomic E-state index is -0.0291. The van der Waals surface area contributed by atoms with Crippen LogP contribution >= 0.6 is 11.8 Å². The Morgan fingerprint density at radius 1 is 0.889 bits per heavy atom. The number of thioether (sulfide) groups is 1. The molecule has 0 saturated heterocycles. The molecule has 27 heavy (non-hydrogen) atoms. The number of hydrogen-bond acceptors (Lipinski definition) is 3. The minimum absolute atomic E-state index is 0.0291. The van der Waals surface area contributed by atoms with Crippen molar-refractivity contribution in [2.75, 3.05) is 16.4 Å². The fourth-order valence-corrected chi connectivity index (χ4v) is 3.92. The van der Waals surface area contributed by atoms with E-state index in [4.69, 9.17) is 0 Å². The molecule has 0 aliphatic heterocycles. The van der Waals surface area contributed by atoms with Crippen LogP contribution in [0.2, 0.25) is 0 Å². The number of carbonyl (C=O) groups excluding carboxylic acids is 2. The van der Waals surface area contributed by atoms with Gasteiger partial charge in [0.1, 0.15) is 0 Å². The van der Waals surface area contributed by atoms with E-state index in [-0.39, 0.29) is 17.7 Å². The molecular weight excluding hydrogens is 356 g/mol. The van der Waals surface area contributed by atoms with Crippen LogP contribution in [0.3, 0.4) is 0 Å². The van der Waals surface area contributed by atoms with Crippen LogP contribution in [-0.4, -0.2) is 17.6 Å². The van der Waals surface area contributed by atoms with Gasteiger partial charge in [-0.1, -0.05) is 37.0 Å². The van der Waals surface area contributed by atoms with E-state index in [0.717, 1.165) is 47.5 Å². The molecule has 142 valence electrons. The van der Waals surface area contributed by atoms with E-state index in [1.807, 2.05) is 55.5 Å². The molecule has 1 aliphatic carbocycles. The Labute approximate surface area is 165 Å². The first-order valence-electron chi connectivity index (χ1n) is 9.50. The zero-order valence-electron chi connectivity index (χ0n) is 15.7. The van der Waals surface area contributed by atoms with Crippen molar-refractivity contribution in [1.82, 2.24) is 0 Å². The SMILES string of the molecule is Cc1ccc(NC(=O)CSc2ccc(NC(=O)C3CCCCC3)cc2)cc1. The predicted octanol–water partition coefficient (Wildman–Crippen LogP) is 5.24. The average molecular weight is 383 g/mol. The van der Waals surface area contributed by atoms with Gasteiger partial charge in [0, 0.05) is 22.2 Å². The second-order valence-electron chi connectivity index (χ2n) is 7.05. The lowest BCUT2D eigenvalue weighted by Gasteiger charge is -2.20. The van der Waals surface area contributed by atoms with Crippen molar-refractivity contribution in [3.05, 3.63) is 54.1 Å². The lowest BCUT2D eigenvalue weighted by molar-refractivity contribution is -0.120. The maximum Gasteiger partial charge on any atom is 0.234 e. The Morgan fingerprint density at radius 3 is 2.15 bits per heavy atom. The highest BCUT2D eigenvalue weighted by Gasteiger charge is 2.20. The van der Waals surface area contributed by atoms with Crippen LogP contribution < -0.4 is 10.6 Å². The van der Waals surface area contributed by atoms with Crippen molar-refractivity contribution in [3.8, 4) is 0 Å². The lowest BCUT2D eigenvalue weighted by atomic mass is 9.88. The van der Waals surface area contributed by atoms with Gasteiger partial charge in [0.05, 0.1) is 5.75 Å². The number of carbonyl (C=O) groups is 2. The van der Waals surface area contributed by atoms with E-state index in [1.54, 1.807) is 0 Å². The topological polar surface area (TPSA) is 58.2 Å². The Hall–Kier alpha value is -2.27. The molecule has 2 aromatic rings. The van der Waals surface area contributed by atoms with Gasteiger partial charge in [-0.05, 0) is 56.2 Å². The lowest BCUT2D eigenvalue weighted by Crippen LogP contribution is -2.24. The minimum Gasteiger partial charge on any atom is -0.326 e. The summed E-state index contributed by atoms with van der Waals surface area (Å²) in [7, 11) is 0. The highest BCUT2D eigenvalue weighted by Crippen LogP contribution is 2.26. The molecule has 1 aliphatic rings. The zero-order valence-corrected chi connectivity index (χ0v) is 16.5. The Bertz CT molecular complexity index is 766. The van der Waals surface area contributed by atoms with E-state index < -0.39 is 0 Å². The molecule has 0 spiro atoms. The predicted molar refractivity (Wildman–Crippen MR) is 112 cm³/mol. The maximum absolute atomic E-state index is 12.3. The third-order valence-electron chi connectivity index (χ3n) is 4.80. The van der Waals surface area contributed by atoms with Gasteiger partial charge in [0.2, 0.25) is 11.8 Å². The molecule has 3 rings (SSSR count). The van der Waals surface area contributed by atoms with Crippen molar-refractivity contribution < 1.29 is 9.59 Å². The third-order valence-corrected chi connectivity index (χ3v) is 5.82. The summed E-state index contributed by atoms with van der Waals surface area (Å²) < 4.78 is 0. The van der Waals surface area contributed by atoms with E-state index >= 15 is 0 Å². The molecule has 4 nitrogen and oxygen atoms in total. The normalized spacial score (nSPS) is 14.6. The van der Waals surface area contributed by atoms with Crippen LogP contribution in [0.1, 0.15) is 37.7 Å². The van der Waals surface area contributed by atoms with Crippen molar-refractivity contribution in [3.63, 3.8) is 0 Å². The van der Waals surface area contributed by atoms with Gasteiger partial charge in [-0.15, -0.1) is 11.8 Å². The quantitative estimate of drug-likeness (QED) is 0.671. The van der Waals surface area contributed by atoms with Crippen LogP contribution in [0.4, 0.5) is 11.4 Å². The monoisotopic (exact) mass is 382 g/mol. The van der Waals surface area contributed by atoms with Crippen LogP contribution in [0.5, 0.6) is 0 Å². The highest BCUT2D eigenvalue weighted by molar-refractivity contribution is 8.00. The van der Waals surface area contributed by atoms with Crippen LogP contribution in [0, 0.1) is 12.8 Å². The van der Waals surface area contributed by atoms with Gasteiger partial charge in [-0.3, -0.25) is 9.59 Å². The number of anilines is 2. The molecule has 0 atom stereocenters. The zero-order chi connectivity index (χ0) is 19.1. The summed E-state index contributed by atoms with van der Waals surface area (Å²) in [4.78, 5) is 25.4. The molecule has 2 aromatic carbocycles. The summed E-state index contributed by atoms with van der Waals surface area (Å²) in [6.07, 6.45) is 5.54. The molecule has 0 bridgehead atoms. The van der Waals surface area contributed by atoms with E-state index in [9.17, 15) is 9.59 Å². The van der Waals surface area contributed by atoms with E-state index in [2.05, 4.69) is 10.6 Å². The fraction of sp³-hybridized carbons (Fsp3) is 0.364. The van der Waals surface area contributed by atoms with Gasteiger partial charge in [0.25, 0.3) is 0 Å². The molecule has 1 fully saturated rings. The molecule has 1 saturated carbocycles. The van der Waals surface area contributed by atoms with Gasteiger partial charge in [-0.25, -0.2) is 0 Å². The first kappa shape index (κ1) is 19.5. The summed E-state index contributed by atoms with van der Waals surface area (Å²) >= 11 is 1.48. The highest BCUT2D eigenvalue weighted by atomic mass is 32.2. The molecule has 0 unspecified atom stereocenters. The molecule has 0 radical (unpaired) electrons. The van der Waals surface area contributed by atoms with E-state index in [1.165, 1.54) is 18.2 Å². The molecular formula is C22H26N2O2S. The second kappa shape index (κ2) is 9.60. The van der Waals surface area contributed by atoms with Gasteiger partial charge in [-0.2, -0.15) is 0 Å². The number of benzene rings is 2. The Balaban J connectivity index is 1.45.